The van der Waals surface area contributed by atoms with Crippen molar-refractivity contribution in [2.24, 2.45) is 0 Å². The van der Waals surface area contributed by atoms with E-state index in [0.29, 0.717) is 0 Å². The van der Waals surface area contributed by atoms with E-state index in [1.165, 1.54) is 10.8 Å². The summed E-state index contributed by atoms with van der Waals surface area (Å²) in [5.41, 5.74) is 0.601. The van der Waals surface area contributed by atoms with E-state index < -0.39 is 5.60 Å². The molecule has 2 aromatic rings. The summed E-state index contributed by atoms with van der Waals surface area (Å²) in [6.07, 6.45) is 41.2. The normalized spacial score (nSPS) is 22.3. The summed E-state index contributed by atoms with van der Waals surface area (Å²) in [6.45, 7) is 0. The molecule has 3 heteroatoms. The van der Waals surface area contributed by atoms with Crippen molar-refractivity contribution in [1.29, 1.82) is 0 Å². The van der Waals surface area contributed by atoms with Crippen LogP contribution in [-0.2, 0) is 34.1 Å². The molecule has 0 N–H and O–H groups in total. The third-order valence-corrected chi connectivity index (χ3v) is 5.98. The van der Waals surface area contributed by atoms with Gasteiger partial charge in [0.1, 0.15) is 11.4 Å². The molecule has 7 rings (SSSR count). The van der Waals surface area contributed by atoms with E-state index >= 15 is 0 Å². The Kier molecular flexibility index (Phi) is 12.4. The van der Waals surface area contributed by atoms with Gasteiger partial charge in [-0.25, -0.2) is 0 Å². The number of benzene rings is 2. The fourth-order valence-corrected chi connectivity index (χ4v) is 4.31. The molecule has 5 aliphatic rings. The van der Waals surface area contributed by atoms with Gasteiger partial charge in [0.25, 0.3) is 0 Å². The van der Waals surface area contributed by atoms with Crippen LogP contribution in [-0.4, -0.2) is 5.60 Å². The van der Waals surface area contributed by atoms with Crippen LogP contribution in [0.25, 0.3) is 16.8 Å². The Balaban J connectivity index is 0.000000252. The fourth-order valence-electron chi connectivity index (χ4n) is 4.31. The molecule has 0 amide bonds. The first-order chi connectivity index (χ1) is 16.9. The van der Waals surface area contributed by atoms with Crippen LogP contribution in [0, 0.1) is 127 Å². The average molecular weight is 550 g/mol. The van der Waals surface area contributed by atoms with Crippen molar-refractivity contribution in [2.45, 2.75) is 5.60 Å². The molecular formula is C33H26Fe2O+4. The zero-order valence-electron chi connectivity index (χ0n) is 19.6. The first-order valence-electron chi connectivity index (χ1n) is 11.5. The summed E-state index contributed by atoms with van der Waals surface area (Å²) in [5, 5.41) is 2.46. The predicted molar refractivity (Wildman–Crippen MR) is 140 cm³/mol. The van der Waals surface area contributed by atoms with Gasteiger partial charge in [0, 0.05) is 17.4 Å². The van der Waals surface area contributed by atoms with Crippen molar-refractivity contribution >= 4 is 16.8 Å². The van der Waals surface area contributed by atoms with Crippen LogP contribution < -0.4 is 4.74 Å². The molecule has 1 aliphatic heterocycles. The maximum Gasteiger partial charge on any atom is 2.00 e. The quantitative estimate of drug-likeness (QED) is 0.373. The summed E-state index contributed by atoms with van der Waals surface area (Å²) >= 11 is 0. The zero-order chi connectivity index (χ0) is 23.1. The molecule has 1 heterocycles. The minimum absolute atomic E-state index is 0. The summed E-state index contributed by atoms with van der Waals surface area (Å²) in [7, 11) is 0. The minimum atomic E-state index is -0.553. The van der Waals surface area contributed by atoms with Gasteiger partial charge in [-0.05, 0) is 138 Å². The zero-order valence-corrected chi connectivity index (χ0v) is 21.8. The first-order valence-corrected chi connectivity index (χ1v) is 11.5. The van der Waals surface area contributed by atoms with Gasteiger partial charge >= 0.3 is 34.1 Å². The van der Waals surface area contributed by atoms with Crippen LogP contribution in [0.3, 0.4) is 0 Å². The molecule has 0 saturated heterocycles. The minimum Gasteiger partial charge on any atom is -0.481 e. The van der Waals surface area contributed by atoms with Crippen molar-refractivity contribution in [3.05, 3.63) is 175 Å². The predicted octanol–water partition coefficient (Wildman–Crippen LogP) is 6.83. The second-order valence-corrected chi connectivity index (χ2v) is 8.14. The van der Waals surface area contributed by atoms with Gasteiger partial charge in [0.05, 0.1) is 0 Å². The summed E-state index contributed by atoms with van der Waals surface area (Å²) < 4.78 is 6.63. The Hall–Kier alpha value is -0.721. The standard InChI is InChI=1S/C23H16O.2C5H5.2Fe/c1-6-12-20-17(7-1)13-14-22-21(20)15-16-23(24-22,18-8-2-3-9-18)19-10-4-5-11-19;2*1-2-4-5-3-1;;/h1-16H;2*1-5H;;/q;;;2*+2. The third kappa shape index (κ3) is 7.02. The monoisotopic (exact) mass is 550 g/mol. The van der Waals surface area contributed by atoms with E-state index in [4.69, 9.17) is 4.74 Å². The molecule has 36 heavy (non-hydrogen) atoms. The van der Waals surface area contributed by atoms with Crippen LogP contribution in [0.4, 0.5) is 0 Å². The Bertz CT molecular complexity index is 891. The largest absolute Gasteiger partial charge is 2.00 e. The topological polar surface area (TPSA) is 9.23 Å². The number of fused-ring (bicyclic) bond motifs is 3. The van der Waals surface area contributed by atoms with Crippen LogP contribution in [0.5, 0.6) is 5.75 Å². The van der Waals surface area contributed by atoms with Crippen molar-refractivity contribution in [1.82, 2.24) is 0 Å². The van der Waals surface area contributed by atoms with Crippen LogP contribution in [0.15, 0.2) is 42.5 Å². The summed E-state index contributed by atoms with van der Waals surface area (Å²) in [6, 6.07) is 12.7. The Morgan fingerprint density at radius 3 is 1.47 bits per heavy atom. The SMILES string of the molecule is [CH]1[CH][CH][CH][CH]1.[CH]1[CH][CH][CH][CH]1.[CH]1[CH][CH][C](C2([C]3[CH][CH][CH][CH]3)C=Cc3c(ccc4ccccc34)O2)[CH]1.[Fe+2].[Fe+2]. The first kappa shape index (κ1) is 29.8. The maximum absolute atomic E-state index is 6.63. The molecule has 0 spiro atoms. The fraction of sp³-hybridized carbons (Fsp3) is 0.0303. The van der Waals surface area contributed by atoms with E-state index in [9.17, 15) is 0 Å². The Morgan fingerprint density at radius 2 is 0.972 bits per heavy atom. The van der Waals surface area contributed by atoms with Gasteiger partial charge in [0.15, 0.2) is 0 Å². The van der Waals surface area contributed by atoms with E-state index in [0.717, 1.165) is 23.1 Å². The molecule has 0 bridgehead atoms. The molecule has 4 fully saturated rings. The van der Waals surface area contributed by atoms with E-state index in [2.05, 4.69) is 99.9 Å². The molecule has 1 nitrogen and oxygen atoms in total. The molecule has 0 unspecified atom stereocenters. The van der Waals surface area contributed by atoms with Crippen LogP contribution in [0.2, 0.25) is 0 Å². The summed E-state index contributed by atoms with van der Waals surface area (Å²) in [4.78, 5) is 0. The van der Waals surface area contributed by atoms with Crippen molar-refractivity contribution in [3.8, 4) is 5.75 Å². The third-order valence-electron chi connectivity index (χ3n) is 5.98. The number of hydrogen-bond donors (Lipinski definition) is 0. The second kappa shape index (κ2) is 15.0. The van der Waals surface area contributed by atoms with Gasteiger partial charge < -0.3 is 4.74 Å². The van der Waals surface area contributed by atoms with E-state index in [-0.39, 0.29) is 34.1 Å². The van der Waals surface area contributed by atoms with Crippen LogP contribution >= 0.6 is 0 Å². The number of ether oxygens (including phenoxy) is 1. The van der Waals surface area contributed by atoms with Crippen molar-refractivity contribution in [3.63, 3.8) is 0 Å². The van der Waals surface area contributed by atoms with E-state index in [1.54, 1.807) is 0 Å². The molecular weight excluding hydrogens is 524 g/mol. The number of rotatable bonds is 2. The molecule has 2 aromatic carbocycles. The molecule has 20 radical (unpaired) electrons. The molecule has 0 aromatic heterocycles. The second-order valence-electron chi connectivity index (χ2n) is 8.14. The van der Waals surface area contributed by atoms with Gasteiger partial charge in [-0.2, -0.15) is 0 Å². The summed E-state index contributed by atoms with van der Waals surface area (Å²) in [5.74, 6) is 3.24. The number of hydrogen-bond acceptors (Lipinski definition) is 1. The van der Waals surface area contributed by atoms with Gasteiger partial charge in [0.2, 0.25) is 0 Å². The molecule has 0 atom stereocenters. The van der Waals surface area contributed by atoms with Gasteiger partial charge in [-0.1, -0.05) is 36.4 Å². The van der Waals surface area contributed by atoms with Crippen molar-refractivity contribution in [2.75, 3.05) is 0 Å². The Labute approximate surface area is 241 Å². The molecule has 176 valence electrons. The van der Waals surface area contributed by atoms with E-state index in [1.807, 2.05) is 64.2 Å². The van der Waals surface area contributed by atoms with Crippen LogP contribution in [0.1, 0.15) is 5.56 Å². The smallest absolute Gasteiger partial charge is 0.481 e. The molecule has 4 saturated carbocycles. The van der Waals surface area contributed by atoms with Crippen molar-refractivity contribution < 1.29 is 38.9 Å². The van der Waals surface area contributed by atoms with Gasteiger partial charge in [-0.15, -0.1) is 0 Å². The van der Waals surface area contributed by atoms with Gasteiger partial charge in [-0.3, -0.25) is 0 Å². The Morgan fingerprint density at radius 1 is 0.500 bits per heavy atom. The maximum atomic E-state index is 6.63. The average Bonchev–Trinajstić information content (AvgIpc) is 3.71. The molecule has 4 aliphatic carbocycles.